The lowest BCUT2D eigenvalue weighted by atomic mass is 10.1. The van der Waals surface area contributed by atoms with E-state index in [1.54, 1.807) is 18.2 Å². The number of benzene rings is 1. The lowest BCUT2D eigenvalue weighted by Gasteiger charge is -2.29. The van der Waals surface area contributed by atoms with Crippen LogP contribution in [0.4, 0.5) is 0 Å². The van der Waals surface area contributed by atoms with Gasteiger partial charge in [-0.15, -0.1) is 0 Å². The van der Waals surface area contributed by atoms with Gasteiger partial charge in [0.05, 0.1) is 5.56 Å². The predicted molar refractivity (Wildman–Crippen MR) is 69.6 cm³/mol. The van der Waals surface area contributed by atoms with Crippen molar-refractivity contribution in [3.05, 3.63) is 29.8 Å². The molecule has 0 aliphatic carbocycles. The monoisotopic (exact) mass is 263 g/mol. The SMILES string of the molecule is CN1CCC(Oc2ccccc2C(=O)C(=O)O)CC1. The zero-order valence-corrected chi connectivity index (χ0v) is 10.8. The van der Waals surface area contributed by atoms with Crippen molar-refractivity contribution in [3.63, 3.8) is 0 Å². The fraction of sp³-hybridized carbons (Fsp3) is 0.429. The third kappa shape index (κ3) is 3.32. The Balaban J connectivity index is 2.12. The Hall–Kier alpha value is -1.88. The number of likely N-dealkylation sites (tertiary alicyclic amines) is 1. The van der Waals surface area contributed by atoms with Gasteiger partial charge in [-0.25, -0.2) is 4.79 Å². The Morgan fingerprint density at radius 3 is 2.53 bits per heavy atom. The van der Waals surface area contributed by atoms with E-state index in [2.05, 4.69) is 11.9 Å². The number of piperidine rings is 1. The molecule has 5 heteroatoms. The van der Waals surface area contributed by atoms with Crippen LogP contribution in [0.1, 0.15) is 23.2 Å². The van der Waals surface area contributed by atoms with Gasteiger partial charge in [-0.3, -0.25) is 4.79 Å². The molecule has 102 valence electrons. The Morgan fingerprint density at radius 1 is 1.26 bits per heavy atom. The number of aliphatic carboxylic acids is 1. The summed E-state index contributed by atoms with van der Waals surface area (Å²) in [5.74, 6) is -2.02. The van der Waals surface area contributed by atoms with Gasteiger partial charge in [0.25, 0.3) is 5.78 Å². The van der Waals surface area contributed by atoms with Gasteiger partial charge >= 0.3 is 5.97 Å². The molecule has 5 nitrogen and oxygen atoms in total. The highest BCUT2D eigenvalue weighted by Crippen LogP contribution is 2.23. The topological polar surface area (TPSA) is 66.8 Å². The number of carbonyl (C=O) groups excluding carboxylic acids is 1. The van der Waals surface area contributed by atoms with Crippen LogP contribution in [0, 0.1) is 0 Å². The van der Waals surface area contributed by atoms with Crippen LogP contribution in [0.15, 0.2) is 24.3 Å². The van der Waals surface area contributed by atoms with Crippen LogP contribution < -0.4 is 4.74 Å². The zero-order valence-electron chi connectivity index (χ0n) is 10.8. The minimum atomic E-state index is -1.46. The Kier molecular flexibility index (Phi) is 4.16. The van der Waals surface area contributed by atoms with E-state index in [0.717, 1.165) is 25.9 Å². The molecular formula is C14H17NO4. The molecule has 0 saturated carbocycles. The van der Waals surface area contributed by atoms with E-state index in [4.69, 9.17) is 9.84 Å². The van der Waals surface area contributed by atoms with Crippen LogP contribution in [-0.2, 0) is 4.79 Å². The highest BCUT2D eigenvalue weighted by atomic mass is 16.5. The quantitative estimate of drug-likeness (QED) is 0.657. The minimum absolute atomic E-state index is 0.0407. The summed E-state index contributed by atoms with van der Waals surface area (Å²) in [5, 5.41) is 8.79. The first kappa shape index (κ1) is 13.5. The molecule has 1 aromatic rings. The molecule has 0 amide bonds. The van der Waals surface area contributed by atoms with Crippen LogP contribution in [-0.4, -0.2) is 48.0 Å². The van der Waals surface area contributed by atoms with Crippen LogP contribution in [0.25, 0.3) is 0 Å². The van der Waals surface area contributed by atoms with Crippen molar-refractivity contribution < 1.29 is 19.4 Å². The predicted octanol–water partition coefficient (Wildman–Crippen LogP) is 1.43. The molecule has 1 aromatic carbocycles. The van der Waals surface area contributed by atoms with Crippen molar-refractivity contribution in [2.24, 2.45) is 0 Å². The highest BCUT2D eigenvalue weighted by Gasteiger charge is 2.23. The molecule has 1 fully saturated rings. The summed E-state index contributed by atoms with van der Waals surface area (Å²) in [6.45, 7) is 1.89. The van der Waals surface area contributed by atoms with Crippen LogP contribution >= 0.6 is 0 Å². The number of carboxylic acids is 1. The molecular weight excluding hydrogens is 246 g/mol. The Bertz CT molecular complexity index is 478. The zero-order chi connectivity index (χ0) is 13.8. The summed E-state index contributed by atoms with van der Waals surface area (Å²) in [6, 6.07) is 6.51. The maximum atomic E-state index is 11.6. The molecule has 0 radical (unpaired) electrons. The molecule has 1 N–H and O–H groups in total. The van der Waals surface area contributed by atoms with E-state index >= 15 is 0 Å². The van der Waals surface area contributed by atoms with E-state index < -0.39 is 11.8 Å². The molecule has 0 aromatic heterocycles. The molecule has 19 heavy (non-hydrogen) atoms. The number of para-hydroxylation sites is 1. The van der Waals surface area contributed by atoms with Crippen molar-refractivity contribution in [2.75, 3.05) is 20.1 Å². The average molecular weight is 263 g/mol. The largest absolute Gasteiger partial charge is 0.490 e. The number of ketones is 1. The van der Waals surface area contributed by atoms with E-state index in [1.807, 2.05) is 0 Å². The summed E-state index contributed by atoms with van der Waals surface area (Å²) in [7, 11) is 2.05. The van der Waals surface area contributed by atoms with Gasteiger partial charge < -0.3 is 14.7 Å². The van der Waals surface area contributed by atoms with Gasteiger partial charge in [0.2, 0.25) is 0 Å². The van der Waals surface area contributed by atoms with E-state index in [9.17, 15) is 9.59 Å². The first-order valence-electron chi connectivity index (χ1n) is 6.30. The second kappa shape index (κ2) is 5.84. The summed E-state index contributed by atoms with van der Waals surface area (Å²) in [5.41, 5.74) is 0.119. The lowest BCUT2D eigenvalue weighted by Crippen LogP contribution is -2.36. The molecule has 0 unspecified atom stereocenters. The van der Waals surface area contributed by atoms with Gasteiger partial charge in [-0.1, -0.05) is 12.1 Å². The molecule has 0 spiro atoms. The van der Waals surface area contributed by atoms with Crippen LogP contribution in [0.2, 0.25) is 0 Å². The van der Waals surface area contributed by atoms with Gasteiger partial charge in [-0.2, -0.15) is 0 Å². The number of carboxylic acid groups (broad SMARTS) is 1. The molecule has 1 heterocycles. The molecule has 0 bridgehead atoms. The number of nitrogens with zero attached hydrogens (tertiary/aromatic N) is 1. The first-order chi connectivity index (χ1) is 9.08. The standard InChI is InChI=1S/C14H17NO4/c1-15-8-6-10(7-9-15)19-12-5-3-2-4-11(12)13(16)14(17)18/h2-5,10H,6-9H2,1H3,(H,17,18). The third-order valence-electron chi connectivity index (χ3n) is 3.29. The fourth-order valence-electron chi connectivity index (χ4n) is 2.15. The summed E-state index contributed by atoms with van der Waals surface area (Å²) >= 11 is 0. The molecule has 2 rings (SSSR count). The summed E-state index contributed by atoms with van der Waals surface area (Å²) in [6.07, 6.45) is 1.80. The van der Waals surface area contributed by atoms with Crippen molar-refractivity contribution in [1.82, 2.24) is 4.90 Å². The molecule has 1 saturated heterocycles. The van der Waals surface area contributed by atoms with Crippen LogP contribution in [0.3, 0.4) is 0 Å². The smallest absolute Gasteiger partial charge is 0.377 e. The number of hydrogen-bond acceptors (Lipinski definition) is 4. The second-order valence-corrected chi connectivity index (χ2v) is 4.75. The fourth-order valence-corrected chi connectivity index (χ4v) is 2.15. The van der Waals surface area contributed by atoms with Crippen molar-refractivity contribution in [3.8, 4) is 5.75 Å². The Labute approximate surface area is 111 Å². The maximum absolute atomic E-state index is 11.6. The number of carbonyl (C=O) groups is 2. The maximum Gasteiger partial charge on any atom is 0.377 e. The van der Waals surface area contributed by atoms with Crippen molar-refractivity contribution >= 4 is 11.8 Å². The average Bonchev–Trinajstić information content (AvgIpc) is 2.41. The van der Waals surface area contributed by atoms with Crippen molar-refractivity contribution in [2.45, 2.75) is 18.9 Å². The molecule has 1 aliphatic heterocycles. The van der Waals surface area contributed by atoms with Gasteiger partial charge in [0.15, 0.2) is 0 Å². The molecule has 1 aliphatic rings. The number of hydrogen-bond donors (Lipinski definition) is 1. The number of ether oxygens (including phenoxy) is 1. The van der Waals surface area contributed by atoms with Gasteiger partial charge in [0.1, 0.15) is 11.9 Å². The third-order valence-corrected chi connectivity index (χ3v) is 3.29. The molecule has 0 atom stereocenters. The van der Waals surface area contributed by atoms with E-state index in [1.165, 1.54) is 6.07 Å². The van der Waals surface area contributed by atoms with Gasteiger partial charge in [-0.05, 0) is 32.0 Å². The lowest BCUT2D eigenvalue weighted by molar-refractivity contribution is -0.131. The normalized spacial score (nSPS) is 17.1. The second-order valence-electron chi connectivity index (χ2n) is 4.75. The minimum Gasteiger partial charge on any atom is -0.490 e. The number of rotatable bonds is 4. The van der Waals surface area contributed by atoms with E-state index in [0.29, 0.717) is 5.75 Å². The van der Waals surface area contributed by atoms with Gasteiger partial charge in [0, 0.05) is 13.1 Å². The van der Waals surface area contributed by atoms with Crippen LogP contribution in [0.5, 0.6) is 5.75 Å². The Morgan fingerprint density at radius 2 is 1.89 bits per heavy atom. The van der Waals surface area contributed by atoms with Crippen molar-refractivity contribution in [1.29, 1.82) is 0 Å². The summed E-state index contributed by atoms with van der Waals surface area (Å²) in [4.78, 5) is 24.6. The van der Waals surface area contributed by atoms with E-state index in [-0.39, 0.29) is 11.7 Å². The summed E-state index contributed by atoms with van der Waals surface area (Å²) < 4.78 is 5.80. The highest BCUT2D eigenvalue weighted by molar-refractivity contribution is 6.40. The number of Topliss-reactive ketones (excluding diaryl/α,β-unsaturated/α-hetero) is 1. The first-order valence-corrected chi connectivity index (χ1v) is 6.30.